The van der Waals surface area contributed by atoms with Gasteiger partial charge >= 0.3 is 0 Å². The average molecular weight is 285 g/mol. The molecule has 5 heteroatoms. The summed E-state index contributed by atoms with van der Waals surface area (Å²) in [4.78, 5) is 9.26. The molecule has 100 valence electrons. The Morgan fingerprint density at radius 2 is 1.83 bits per heavy atom. The molecule has 0 saturated heterocycles. The zero-order chi connectivity index (χ0) is 14.0. The van der Waals surface area contributed by atoms with Crippen LogP contribution in [-0.4, -0.2) is 22.9 Å². The lowest BCUT2D eigenvalue weighted by Gasteiger charge is -2.11. The van der Waals surface area contributed by atoms with Crippen LogP contribution in [0.25, 0.3) is 0 Å². The number of rotatable bonds is 4. The smallest absolute Gasteiger partial charge is 0.198 e. The minimum Gasteiger partial charge on any atom is -0.742 e. The highest BCUT2D eigenvalue weighted by atomic mass is 32.1. The van der Waals surface area contributed by atoms with Crippen LogP contribution >= 0.6 is 12.2 Å². The van der Waals surface area contributed by atoms with E-state index in [0.717, 1.165) is 5.75 Å². The number of benzene rings is 1. The first-order chi connectivity index (χ1) is 8.41. The van der Waals surface area contributed by atoms with E-state index < -0.39 is 0 Å². The number of carbonyl (C=O) groups excluding carboxylic acids is 1. The summed E-state index contributed by atoms with van der Waals surface area (Å²) >= 11 is 8.96. The van der Waals surface area contributed by atoms with Crippen LogP contribution in [-0.2, 0) is 22.2 Å². The van der Waals surface area contributed by atoms with Gasteiger partial charge in [0.25, 0.3) is 0 Å². The van der Waals surface area contributed by atoms with Crippen LogP contribution in [0.4, 0.5) is 0 Å². The molecule has 0 saturated carbocycles. The highest BCUT2D eigenvalue weighted by Gasteiger charge is 2.01. The molecule has 1 rings (SSSR count). The van der Waals surface area contributed by atoms with Gasteiger partial charge in [0.05, 0.1) is 6.10 Å². The van der Waals surface area contributed by atoms with Crippen molar-refractivity contribution in [3.8, 4) is 5.75 Å². The third-order valence-electron chi connectivity index (χ3n) is 1.47. The van der Waals surface area contributed by atoms with E-state index in [4.69, 9.17) is 21.7 Å². The van der Waals surface area contributed by atoms with Crippen molar-refractivity contribution in [1.82, 2.24) is 0 Å². The Morgan fingerprint density at radius 1 is 1.33 bits per heavy atom. The normalized spacial score (nSPS) is 9.11. The van der Waals surface area contributed by atoms with Crippen molar-refractivity contribution >= 4 is 35.0 Å². The molecule has 1 aromatic carbocycles. The van der Waals surface area contributed by atoms with Crippen molar-refractivity contribution < 1.29 is 14.3 Å². The summed E-state index contributed by atoms with van der Waals surface area (Å²) in [5.41, 5.74) is 0. The van der Waals surface area contributed by atoms with Gasteiger partial charge in [-0.3, -0.25) is 0 Å². The summed E-state index contributed by atoms with van der Waals surface area (Å²) in [5, 5.41) is 0.240. The Hall–Kier alpha value is -1.20. The van der Waals surface area contributed by atoms with Crippen LogP contribution in [0.3, 0.4) is 0 Å². The lowest BCUT2D eigenvalue weighted by Crippen LogP contribution is -2.16. The highest BCUT2D eigenvalue weighted by Crippen LogP contribution is 2.08. The minimum absolute atomic E-state index is 0.113. The maximum atomic E-state index is 9.26. The monoisotopic (exact) mass is 285 g/mol. The van der Waals surface area contributed by atoms with Gasteiger partial charge in [-0.25, -0.2) is 0 Å². The van der Waals surface area contributed by atoms with E-state index in [-0.39, 0.29) is 11.2 Å². The molecule has 0 amide bonds. The lowest BCUT2D eigenvalue weighted by atomic mass is 10.3. The number of thiocarbonyl (C=S) groups is 1. The zero-order valence-electron chi connectivity index (χ0n) is 10.7. The van der Waals surface area contributed by atoms with E-state index in [1.807, 2.05) is 44.2 Å². The zero-order valence-corrected chi connectivity index (χ0v) is 12.3. The first-order valence-electron chi connectivity index (χ1n) is 5.46. The molecule has 0 aliphatic carbocycles. The van der Waals surface area contributed by atoms with Crippen molar-refractivity contribution in [2.45, 2.75) is 26.9 Å². The van der Waals surface area contributed by atoms with Crippen molar-refractivity contribution in [2.24, 2.45) is 0 Å². The van der Waals surface area contributed by atoms with Gasteiger partial charge in [-0.1, -0.05) is 18.2 Å². The van der Waals surface area contributed by atoms with Gasteiger partial charge < -0.3 is 26.9 Å². The predicted molar refractivity (Wildman–Crippen MR) is 78.8 cm³/mol. The summed E-state index contributed by atoms with van der Waals surface area (Å²) in [7, 11) is 0. The molecule has 0 aliphatic rings. The first-order valence-corrected chi connectivity index (χ1v) is 6.28. The number of hydrogen-bond acceptors (Lipinski definition) is 5. The summed E-state index contributed by atoms with van der Waals surface area (Å²) in [6, 6.07) is 9.55. The molecule has 0 heterocycles. The van der Waals surface area contributed by atoms with Gasteiger partial charge in [0, 0.05) is 5.12 Å². The number of hydrogen-bond donors (Lipinski definition) is 0. The summed E-state index contributed by atoms with van der Waals surface area (Å²) in [5.74, 6) is 0.808. The van der Waals surface area contributed by atoms with E-state index in [2.05, 4.69) is 12.6 Å². The summed E-state index contributed by atoms with van der Waals surface area (Å²) in [6.45, 7) is 5.55. The molecule has 0 fully saturated rings. The first kappa shape index (κ1) is 16.8. The maximum absolute atomic E-state index is 9.26. The van der Waals surface area contributed by atoms with Crippen molar-refractivity contribution in [3.63, 3.8) is 0 Å². The quantitative estimate of drug-likeness (QED) is 0.628. The van der Waals surface area contributed by atoms with Gasteiger partial charge in [-0.15, -0.1) is 0 Å². The van der Waals surface area contributed by atoms with Crippen LogP contribution in [0.1, 0.15) is 20.8 Å². The summed E-state index contributed by atoms with van der Waals surface area (Å²) in [6.07, 6.45) is 0.113. The Labute approximate surface area is 119 Å². The Kier molecular flexibility index (Phi) is 9.14. The molecule has 0 atom stereocenters. The number of ether oxygens (including phenoxy) is 2. The van der Waals surface area contributed by atoms with Crippen LogP contribution in [0.5, 0.6) is 5.75 Å². The fourth-order valence-electron chi connectivity index (χ4n) is 0.956. The molecule has 0 unspecified atom stereocenters. The molecule has 0 spiro atoms. The Balaban J connectivity index is 0.000000631. The molecule has 0 bridgehead atoms. The Morgan fingerprint density at radius 3 is 2.28 bits per heavy atom. The molecule has 0 aromatic heterocycles. The molecular formula is C13H17O3S2-. The van der Waals surface area contributed by atoms with Gasteiger partial charge in [0.2, 0.25) is 0 Å². The van der Waals surface area contributed by atoms with Gasteiger partial charge in [0.1, 0.15) is 5.75 Å². The van der Waals surface area contributed by atoms with E-state index in [0.29, 0.717) is 11.7 Å². The third-order valence-corrected chi connectivity index (χ3v) is 1.68. The molecular weight excluding hydrogens is 268 g/mol. The van der Waals surface area contributed by atoms with Crippen molar-refractivity contribution in [3.05, 3.63) is 30.3 Å². The second kappa shape index (κ2) is 9.79. The average Bonchev–Trinajstić information content (AvgIpc) is 2.26. The fraction of sp³-hybridized carbons (Fsp3) is 0.385. The lowest BCUT2D eigenvalue weighted by molar-refractivity contribution is -0.109. The standard InChI is InChI=1S/C11H14O2S.C2H4OS/c1-9(2)13-11(14)8-12-10-6-4-3-5-7-10;1-2(3)4/h3-7,9H,8H2,1-2H3;1H3,(H,3,4)/p-1. The van der Waals surface area contributed by atoms with Crippen LogP contribution in [0.15, 0.2) is 30.3 Å². The van der Waals surface area contributed by atoms with Crippen LogP contribution < -0.4 is 4.74 Å². The Bertz CT molecular complexity index is 360. The van der Waals surface area contributed by atoms with E-state index >= 15 is 0 Å². The second-order valence-corrected chi connectivity index (χ2v) is 4.66. The molecule has 3 nitrogen and oxygen atoms in total. The third kappa shape index (κ3) is 11.3. The van der Waals surface area contributed by atoms with E-state index in [1.54, 1.807) is 0 Å². The number of para-hydroxylation sites is 1. The van der Waals surface area contributed by atoms with Gasteiger partial charge in [-0.05, 0) is 45.1 Å². The predicted octanol–water partition coefficient (Wildman–Crippen LogP) is 2.90. The van der Waals surface area contributed by atoms with Crippen LogP contribution in [0, 0.1) is 0 Å². The molecule has 0 aliphatic heterocycles. The SMILES string of the molecule is CC(=O)[S-].CC(C)OC(=S)COc1ccccc1. The maximum Gasteiger partial charge on any atom is 0.198 e. The number of carbonyl (C=O) groups is 1. The van der Waals surface area contributed by atoms with E-state index in [9.17, 15) is 4.79 Å². The van der Waals surface area contributed by atoms with Gasteiger partial charge in [0.15, 0.2) is 11.7 Å². The van der Waals surface area contributed by atoms with E-state index in [1.165, 1.54) is 6.92 Å². The minimum atomic E-state index is -0.250. The topological polar surface area (TPSA) is 35.5 Å². The van der Waals surface area contributed by atoms with Crippen molar-refractivity contribution in [1.29, 1.82) is 0 Å². The van der Waals surface area contributed by atoms with Crippen molar-refractivity contribution in [2.75, 3.05) is 6.61 Å². The fourth-order valence-corrected chi connectivity index (χ4v) is 1.21. The molecule has 1 aromatic rings. The molecule has 0 N–H and O–H groups in total. The largest absolute Gasteiger partial charge is 0.742 e. The second-order valence-electron chi connectivity index (χ2n) is 3.63. The molecule has 18 heavy (non-hydrogen) atoms. The summed E-state index contributed by atoms with van der Waals surface area (Å²) < 4.78 is 10.7. The highest BCUT2D eigenvalue weighted by molar-refractivity contribution is 7.80. The molecule has 0 radical (unpaired) electrons. The van der Waals surface area contributed by atoms with Crippen LogP contribution in [0.2, 0.25) is 0 Å². The van der Waals surface area contributed by atoms with Gasteiger partial charge in [-0.2, -0.15) is 0 Å².